The Bertz CT molecular complexity index is 173. The molecule has 68 valence electrons. The average Bonchev–Trinajstić information content (AvgIpc) is 2.59. The lowest BCUT2D eigenvalue weighted by Crippen LogP contribution is -2.28. The van der Waals surface area contributed by atoms with Crippen molar-refractivity contribution in [3.63, 3.8) is 0 Å². The Labute approximate surface area is 73.2 Å². The summed E-state index contributed by atoms with van der Waals surface area (Å²) in [6.45, 7) is 4.01. The fourth-order valence-corrected chi connectivity index (χ4v) is 1.84. The van der Waals surface area contributed by atoms with E-state index in [1.807, 2.05) is 0 Å². The minimum absolute atomic E-state index is 0.806. The number of hydrogen-bond donors (Lipinski definition) is 1. The molecule has 1 saturated heterocycles. The Kier molecular flexibility index (Phi) is 2.61. The van der Waals surface area contributed by atoms with Crippen molar-refractivity contribution in [2.75, 3.05) is 26.2 Å². The van der Waals surface area contributed by atoms with Crippen molar-refractivity contribution in [3.05, 3.63) is 0 Å². The van der Waals surface area contributed by atoms with Crippen LogP contribution < -0.4 is 5.32 Å². The molecule has 3 nitrogen and oxygen atoms in total. The molecule has 1 fully saturated rings. The van der Waals surface area contributed by atoms with Crippen LogP contribution in [0, 0.1) is 5.92 Å². The first-order valence-electron chi connectivity index (χ1n) is 4.82. The SMILES string of the molecule is C1COC(CC2CCNCC2)=N1. The van der Waals surface area contributed by atoms with Crippen LogP contribution in [0.1, 0.15) is 19.3 Å². The fourth-order valence-electron chi connectivity index (χ4n) is 1.84. The smallest absolute Gasteiger partial charge is 0.183 e. The zero-order valence-electron chi connectivity index (χ0n) is 7.38. The van der Waals surface area contributed by atoms with Crippen LogP contribution >= 0.6 is 0 Å². The van der Waals surface area contributed by atoms with Crippen molar-refractivity contribution in [1.82, 2.24) is 5.32 Å². The monoisotopic (exact) mass is 168 g/mol. The van der Waals surface area contributed by atoms with E-state index in [2.05, 4.69) is 10.3 Å². The van der Waals surface area contributed by atoms with Gasteiger partial charge in [0.25, 0.3) is 0 Å². The highest BCUT2D eigenvalue weighted by atomic mass is 16.5. The quantitative estimate of drug-likeness (QED) is 0.662. The molecule has 0 aromatic heterocycles. The Morgan fingerprint density at radius 1 is 1.42 bits per heavy atom. The molecule has 0 aliphatic carbocycles. The molecule has 1 N–H and O–H groups in total. The van der Waals surface area contributed by atoms with E-state index in [9.17, 15) is 0 Å². The van der Waals surface area contributed by atoms with Crippen molar-refractivity contribution in [2.45, 2.75) is 19.3 Å². The summed E-state index contributed by atoms with van der Waals surface area (Å²) < 4.78 is 5.39. The molecule has 2 aliphatic heterocycles. The predicted molar refractivity (Wildman–Crippen MR) is 48.5 cm³/mol. The van der Waals surface area contributed by atoms with E-state index in [-0.39, 0.29) is 0 Å². The number of nitrogens with one attached hydrogen (secondary N) is 1. The molecule has 3 heteroatoms. The van der Waals surface area contributed by atoms with Crippen LogP contribution in [0.25, 0.3) is 0 Å². The maximum absolute atomic E-state index is 5.39. The highest BCUT2D eigenvalue weighted by Crippen LogP contribution is 2.17. The van der Waals surface area contributed by atoms with Gasteiger partial charge in [0, 0.05) is 6.42 Å². The molecule has 12 heavy (non-hydrogen) atoms. The summed E-state index contributed by atoms with van der Waals surface area (Å²) in [6.07, 6.45) is 3.63. The Morgan fingerprint density at radius 2 is 2.25 bits per heavy atom. The van der Waals surface area contributed by atoms with Crippen molar-refractivity contribution in [1.29, 1.82) is 0 Å². The van der Waals surface area contributed by atoms with Crippen LogP contribution in [-0.2, 0) is 4.74 Å². The van der Waals surface area contributed by atoms with Gasteiger partial charge in [-0.05, 0) is 31.8 Å². The van der Waals surface area contributed by atoms with Gasteiger partial charge in [0.2, 0.25) is 0 Å². The molecular formula is C9H16N2O. The zero-order valence-corrected chi connectivity index (χ0v) is 7.38. The maximum atomic E-state index is 5.39. The summed E-state index contributed by atoms with van der Waals surface area (Å²) in [5.74, 6) is 1.81. The Balaban J connectivity index is 1.77. The molecule has 2 rings (SSSR count). The van der Waals surface area contributed by atoms with Gasteiger partial charge in [0.15, 0.2) is 5.90 Å². The summed E-state index contributed by atoms with van der Waals surface area (Å²) >= 11 is 0. The summed E-state index contributed by atoms with van der Waals surface area (Å²) in [6, 6.07) is 0. The number of ether oxygens (including phenoxy) is 1. The number of aliphatic imine (C=N–C) groups is 1. The van der Waals surface area contributed by atoms with Gasteiger partial charge < -0.3 is 10.1 Å². The third kappa shape index (κ3) is 1.97. The Hall–Kier alpha value is -0.570. The van der Waals surface area contributed by atoms with Gasteiger partial charge in [-0.3, -0.25) is 4.99 Å². The van der Waals surface area contributed by atoms with Crippen LogP contribution in [-0.4, -0.2) is 32.1 Å². The first-order valence-corrected chi connectivity index (χ1v) is 4.82. The largest absolute Gasteiger partial charge is 0.479 e. The van der Waals surface area contributed by atoms with Crippen molar-refractivity contribution >= 4 is 5.90 Å². The third-order valence-electron chi connectivity index (χ3n) is 2.57. The molecule has 0 unspecified atom stereocenters. The first-order chi connectivity index (χ1) is 5.95. The number of piperidine rings is 1. The lowest BCUT2D eigenvalue weighted by atomic mass is 9.95. The molecular weight excluding hydrogens is 152 g/mol. The van der Waals surface area contributed by atoms with Gasteiger partial charge in [-0.15, -0.1) is 0 Å². The lowest BCUT2D eigenvalue weighted by Gasteiger charge is -2.21. The number of rotatable bonds is 2. The normalized spacial score (nSPS) is 25.2. The summed E-state index contributed by atoms with van der Waals surface area (Å²) in [7, 11) is 0. The molecule has 0 radical (unpaired) electrons. The number of nitrogens with zero attached hydrogens (tertiary/aromatic N) is 1. The molecule has 0 aromatic carbocycles. The molecule has 0 atom stereocenters. The van der Waals surface area contributed by atoms with Crippen LogP contribution in [0.5, 0.6) is 0 Å². The minimum Gasteiger partial charge on any atom is -0.479 e. The summed E-state index contributed by atoms with van der Waals surface area (Å²) in [5.41, 5.74) is 0. The maximum Gasteiger partial charge on any atom is 0.183 e. The molecule has 0 bridgehead atoms. The van der Waals surface area contributed by atoms with E-state index < -0.39 is 0 Å². The second-order valence-electron chi connectivity index (χ2n) is 3.52. The van der Waals surface area contributed by atoms with Gasteiger partial charge in [-0.25, -0.2) is 0 Å². The van der Waals surface area contributed by atoms with E-state index in [0.717, 1.165) is 44.5 Å². The van der Waals surface area contributed by atoms with Crippen molar-refractivity contribution in [2.24, 2.45) is 10.9 Å². The minimum atomic E-state index is 0.806. The second kappa shape index (κ2) is 3.90. The molecule has 2 heterocycles. The van der Waals surface area contributed by atoms with Gasteiger partial charge in [0.05, 0.1) is 6.54 Å². The number of hydrogen-bond acceptors (Lipinski definition) is 3. The fraction of sp³-hybridized carbons (Fsp3) is 0.889. The van der Waals surface area contributed by atoms with Crippen LogP contribution in [0.4, 0.5) is 0 Å². The molecule has 0 aromatic rings. The first kappa shape index (κ1) is 8.05. The van der Waals surface area contributed by atoms with Crippen molar-refractivity contribution in [3.8, 4) is 0 Å². The zero-order chi connectivity index (χ0) is 8.23. The van der Waals surface area contributed by atoms with E-state index >= 15 is 0 Å². The topological polar surface area (TPSA) is 33.6 Å². The standard InChI is InChI=1S/C9H16N2O/c1-3-10-4-2-8(1)7-9-11-5-6-12-9/h8,10H,1-7H2. The molecule has 0 amide bonds. The van der Waals surface area contributed by atoms with Gasteiger partial charge in [-0.1, -0.05) is 0 Å². The van der Waals surface area contributed by atoms with E-state index in [1.54, 1.807) is 0 Å². The van der Waals surface area contributed by atoms with Crippen LogP contribution in [0.2, 0.25) is 0 Å². The van der Waals surface area contributed by atoms with E-state index in [1.165, 1.54) is 12.8 Å². The summed E-state index contributed by atoms with van der Waals surface area (Å²) in [4.78, 5) is 4.30. The van der Waals surface area contributed by atoms with Crippen molar-refractivity contribution < 1.29 is 4.74 Å². The summed E-state index contributed by atoms with van der Waals surface area (Å²) in [5, 5.41) is 3.36. The van der Waals surface area contributed by atoms with E-state index in [0.29, 0.717) is 0 Å². The van der Waals surface area contributed by atoms with Gasteiger partial charge in [0.1, 0.15) is 6.61 Å². The highest BCUT2D eigenvalue weighted by Gasteiger charge is 2.17. The van der Waals surface area contributed by atoms with Gasteiger partial charge in [-0.2, -0.15) is 0 Å². The van der Waals surface area contributed by atoms with Crippen LogP contribution in [0.15, 0.2) is 4.99 Å². The molecule has 0 saturated carbocycles. The van der Waals surface area contributed by atoms with E-state index in [4.69, 9.17) is 4.74 Å². The molecule has 0 spiro atoms. The lowest BCUT2D eigenvalue weighted by molar-refractivity contribution is 0.312. The van der Waals surface area contributed by atoms with Gasteiger partial charge >= 0.3 is 0 Å². The predicted octanol–water partition coefficient (Wildman–Crippen LogP) is 0.805. The third-order valence-corrected chi connectivity index (χ3v) is 2.57. The highest BCUT2D eigenvalue weighted by molar-refractivity contribution is 5.77. The average molecular weight is 168 g/mol. The second-order valence-corrected chi connectivity index (χ2v) is 3.52. The van der Waals surface area contributed by atoms with Crippen LogP contribution in [0.3, 0.4) is 0 Å². The Morgan fingerprint density at radius 3 is 2.92 bits per heavy atom. The molecule has 2 aliphatic rings.